The van der Waals surface area contributed by atoms with Crippen LogP contribution in [0, 0.1) is 0 Å². The lowest BCUT2D eigenvalue weighted by Crippen LogP contribution is -2.29. The zero-order valence-corrected chi connectivity index (χ0v) is 8.61. The van der Waals surface area contributed by atoms with Crippen molar-refractivity contribution in [3.05, 3.63) is 23.4 Å². The second-order valence-corrected chi connectivity index (χ2v) is 3.92. The van der Waals surface area contributed by atoms with Crippen LogP contribution in [0.1, 0.15) is 12.8 Å². The lowest BCUT2D eigenvalue weighted by molar-refractivity contribution is 0.301. The van der Waals surface area contributed by atoms with Crippen molar-refractivity contribution >= 4 is 17.4 Å². The first kappa shape index (κ1) is 9.74. The molecule has 0 saturated heterocycles. The molecule has 0 spiro atoms. The van der Waals surface area contributed by atoms with Gasteiger partial charge in [0.2, 0.25) is 0 Å². The number of hydrogen-bond acceptors (Lipinski definition) is 3. The minimum atomic E-state index is 0.167. The van der Waals surface area contributed by atoms with Crippen LogP contribution in [0.4, 0.5) is 5.82 Å². The van der Waals surface area contributed by atoms with Crippen molar-refractivity contribution in [2.75, 3.05) is 18.1 Å². The Morgan fingerprint density at radius 1 is 1.50 bits per heavy atom. The molecule has 76 valence electrons. The first-order valence-electron chi connectivity index (χ1n) is 4.80. The Balaban J connectivity index is 2.13. The molecule has 1 N–H and O–H groups in total. The summed E-state index contributed by atoms with van der Waals surface area (Å²) in [4.78, 5) is 6.38. The van der Waals surface area contributed by atoms with Gasteiger partial charge in [-0.15, -0.1) is 0 Å². The van der Waals surface area contributed by atoms with Gasteiger partial charge in [0.1, 0.15) is 5.82 Å². The lowest BCUT2D eigenvalue weighted by atomic mass is 10.4. The second-order valence-electron chi connectivity index (χ2n) is 3.48. The van der Waals surface area contributed by atoms with Gasteiger partial charge < -0.3 is 10.0 Å². The Kier molecular flexibility index (Phi) is 2.89. The third-order valence-electron chi connectivity index (χ3n) is 2.33. The summed E-state index contributed by atoms with van der Waals surface area (Å²) in [6.45, 7) is 0.820. The number of rotatable bonds is 4. The van der Waals surface area contributed by atoms with Crippen LogP contribution in [0.5, 0.6) is 0 Å². The Morgan fingerprint density at radius 3 is 2.79 bits per heavy atom. The monoisotopic (exact) mass is 212 g/mol. The molecule has 1 saturated carbocycles. The maximum atomic E-state index is 8.93. The molecule has 0 amide bonds. The summed E-state index contributed by atoms with van der Waals surface area (Å²) in [6, 6.07) is 4.29. The maximum Gasteiger partial charge on any atom is 0.128 e. The first-order valence-corrected chi connectivity index (χ1v) is 5.18. The third-order valence-corrected chi connectivity index (χ3v) is 2.56. The van der Waals surface area contributed by atoms with Gasteiger partial charge in [-0.05, 0) is 25.0 Å². The van der Waals surface area contributed by atoms with E-state index in [2.05, 4.69) is 9.88 Å². The van der Waals surface area contributed by atoms with Gasteiger partial charge in [-0.2, -0.15) is 0 Å². The highest BCUT2D eigenvalue weighted by atomic mass is 35.5. The topological polar surface area (TPSA) is 36.4 Å². The number of halogens is 1. The van der Waals surface area contributed by atoms with Gasteiger partial charge in [0.05, 0.1) is 11.6 Å². The van der Waals surface area contributed by atoms with Crippen molar-refractivity contribution in [2.24, 2.45) is 0 Å². The van der Waals surface area contributed by atoms with Crippen LogP contribution in [0.2, 0.25) is 5.02 Å². The molecule has 14 heavy (non-hydrogen) atoms. The van der Waals surface area contributed by atoms with Crippen LogP contribution in [-0.2, 0) is 0 Å². The van der Waals surface area contributed by atoms with Crippen LogP contribution in [0.25, 0.3) is 0 Å². The normalized spacial score (nSPS) is 15.6. The van der Waals surface area contributed by atoms with Crippen molar-refractivity contribution in [3.8, 4) is 0 Å². The van der Waals surface area contributed by atoms with Crippen LogP contribution >= 0.6 is 11.6 Å². The molecule has 1 aliphatic carbocycles. The molecule has 0 bridgehead atoms. The molecule has 0 aliphatic heterocycles. The van der Waals surface area contributed by atoms with E-state index in [0.717, 1.165) is 5.82 Å². The third kappa shape index (κ3) is 2.16. The standard InChI is InChI=1S/C10H13ClN2O/c11-8-1-4-10(12-7-8)13(5-6-14)9-2-3-9/h1,4,7,9,14H,2-3,5-6H2. The number of pyridine rings is 1. The lowest BCUT2D eigenvalue weighted by Gasteiger charge is -2.22. The number of hydrogen-bond donors (Lipinski definition) is 1. The highest BCUT2D eigenvalue weighted by Crippen LogP contribution is 2.30. The summed E-state index contributed by atoms with van der Waals surface area (Å²) in [5, 5.41) is 9.58. The number of nitrogens with zero attached hydrogens (tertiary/aromatic N) is 2. The van der Waals surface area contributed by atoms with Crippen molar-refractivity contribution in [1.29, 1.82) is 0 Å². The molecule has 1 aromatic rings. The molecular weight excluding hydrogens is 200 g/mol. The molecule has 1 aliphatic rings. The van der Waals surface area contributed by atoms with E-state index in [0.29, 0.717) is 17.6 Å². The van der Waals surface area contributed by atoms with Crippen LogP contribution in [-0.4, -0.2) is 29.3 Å². The fourth-order valence-corrected chi connectivity index (χ4v) is 1.63. The molecule has 0 atom stereocenters. The molecular formula is C10H13ClN2O. The van der Waals surface area contributed by atoms with Gasteiger partial charge in [0.25, 0.3) is 0 Å². The number of anilines is 1. The van der Waals surface area contributed by atoms with E-state index in [-0.39, 0.29) is 6.61 Å². The first-order chi connectivity index (χ1) is 6.81. The summed E-state index contributed by atoms with van der Waals surface area (Å²) >= 11 is 5.76. The van der Waals surface area contributed by atoms with E-state index < -0.39 is 0 Å². The molecule has 1 heterocycles. The van der Waals surface area contributed by atoms with Crippen LogP contribution in [0.3, 0.4) is 0 Å². The highest BCUT2D eigenvalue weighted by molar-refractivity contribution is 6.30. The van der Waals surface area contributed by atoms with Crippen molar-refractivity contribution < 1.29 is 5.11 Å². The van der Waals surface area contributed by atoms with Crippen LogP contribution < -0.4 is 4.90 Å². The van der Waals surface area contributed by atoms with Gasteiger partial charge in [0, 0.05) is 18.8 Å². The largest absolute Gasteiger partial charge is 0.395 e. The van der Waals surface area contributed by atoms with Gasteiger partial charge in [-0.3, -0.25) is 0 Å². The molecule has 3 nitrogen and oxygen atoms in total. The summed E-state index contributed by atoms with van der Waals surface area (Å²) < 4.78 is 0. The van der Waals surface area contributed by atoms with Gasteiger partial charge >= 0.3 is 0 Å². The summed E-state index contributed by atoms with van der Waals surface area (Å²) in [6.07, 6.45) is 4.04. The summed E-state index contributed by atoms with van der Waals surface area (Å²) in [7, 11) is 0. The predicted octanol–water partition coefficient (Wildman–Crippen LogP) is 1.70. The molecule has 1 fully saturated rings. The minimum absolute atomic E-state index is 0.167. The average molecular weight is 213 g/mol. The zero-order valence-electron chi connectivity index (χ0n) is 7.86. The zero-order chi connectivity index (χ0) is 9.97. The quantitative estimate of drug-likeness (QED) is 0.826. The van der Waals surface area contributed by atoms with E-state index in [1.54, 1.807) is 6.20 Å². The smallest absolute Gasteiger partial charge is 0.128 e. The number of aliphatic hydroxyl groups is 1. The van der Waals surface area contributed by atoms with E-state index in [1.807, 2.05) is 12.1 Å². The molecule has 0 radical (unpaired) electrons. The van der Waals surface area contributed by atoms with Gasteiger partial charge in [-0.25, -0.2) is 4.98 Å². The van der Waals surface area contributed by atoms with E-state index in [4.69, 9.17) is 16.7 Å². The Labute approximate surface area is 88.3 Å². The molecule has 4 heteroatoms. The minimum Gasteiger partial charge on any atom is -0.395 e. The fourth-order valence-electron chi connectivity index (χ4n) is 1.52. The number of aliphatic hydroxyl groups excluding tert-OH is 1. The van der Waals surface area contributed by atoms with E-state index in [1.165, 1.54) is 12.8 Å². The van der Waals surface area contributed by atoms with Crippen molar-refractivity contribution in [2.45, 2.75) is 18.9 Å². The molecule has 1 aromatic heterocycles. The fraction of sp³-hybridized carbons (Fsp3) is 0.500. The van der Waals surface area contributed by atoms with Crippen LogP contribution in [0.15, 0.2) is 18.3 Å². The Bertz CT molecular complexity index is 297. The van der Waals surface area contributed by atoms with Crippen molar-refractivity contribution in [1.82, 2.24) is 4.98 Å². The summed E-state index contributed by atoms with van der Waals surface area (Å²) in [5.41, 5.74) is 0. The molecule has 0 unspecified atom stereocenters. The average Bonchev–Trinajstić information content (AvgIpc) is 2.99. The molecule has 2 rings (SSSR count). The van der Waals surface area contributed by atoms with Crippen molar-refractivity contribution in [3.63, 3.8) is 0 Å². The van der Waals surface area contributed by atoms with Gasteiger partial charge in [-0.1, -0.05) is 11.6 Å². The Morgan fingerprint density at radius 2 is 2.29 bits per heavy atom. The SMILES string of the molecule is OCCN(c1ccc(Cl)cn1)C1CC1. The van der Waals surface area contributed by atoms with Gasteiger partial charge in [0.15, 0.2) is 0 Å². The summed E-state index contributed by atoms with van der Waals surface area (Å²) in [5.74, 6) is 0.908. The predicted molar refractivity (Wildman–Crippen MR) is 56.7 cm³/mol. The maximum absolute atomic E-state index is 8.93. The van der Waals surface area contributed by atoms with E-state index in [9.17, 15) is 0 Å². The second kappa shape index (κ2) is 4.15. The van der Waals surface area contributed by atoms with E-state index >= 15 is 0 Å². The molecule has 0 aromatic carbocycles. The number of aromatic nitrogens is 1. The Hall–Kier alpha value is -0.800. The highest BCUT2D eigenvalue weighted by Gasteiger charge is 2.29.